The van der Waals surface area contributed by atoms with Gasteiger partial charge < -0.3 is 20.5 Å². The Balaban J connectivity index is 1.20. The van der Waals surface area contributed by atoms with E-state index in [4.69, 9.17) is 4.74 Å². The van der Waals surface area contributed by atoms with E-state index in [1.54, 1.807) is 0 Å². The highest BCUT2D eigenvalue weighted by atomic mass is 32.1. The van der Waals surface area contributed by atoms with E-state index in [9.17, 15) is 9.90 Å². The Bertz CT molecular complexity index is 1180. The zero-order chi connectivity index (χ0) is 24.3. The van der Waals surface area contributed by atoms with Gasteiger partial charge in [-0.05, 0) is 48.4 Å². The van der Waals surface area contributed by atoms with Crippen LogP contribution >= 0.6 is 11.3 Å². The third-order valence-electron chi connectivity index (χ3n) is 5.13. The minimum atomic E-state index is -0.468. The molecule has 0 aliphatic carbocycles. The smallest absolute Gasteiger partial charge is 0.230 e. The van der Waals surface area contributed by atoms with Crippen LogP contribution in [0, 0.1) is 0 Å². The molecule has 0 saturated carbocycles. The third-order valence-corrected chi connectivity index (χ3v) is 5.94. The number of carbonyl (C=O) groups is 1. The number of carbonyl (C=O) groups excluding carboxylic acids is 1. The first-order valence-electron chi connectivity index (χ1n) is 11.4. The van der Waals surface area contributed by atoms with Crippen molar-refractivity contribution >= 4 is 33.8 Å². The summed E-state index contributed by atoms with van der Waals surface area (Å²) in [4.78, 5) is 16.9. The number of para-hydroxylation sites is 2. The second-order valence-corrected chi connectivity index (χ2v) is 8.72. The maximum absolute atomic E-state index is 12.4. The molecular weight excluding hydrogens is 460 g/mol. The zero-order valence-corrected chi connectivity index (χ0v) is 20.0. The van der Waals surface area contributed by atoms with Crippen molar-refractivity contribution in [1.82, 2.24) is 10.3 Å². The largest absolute Gasteiger partial charge is 0.473 e. The van der Waals surface area contributed by atoms with Crippen LogP contribution in [-0.2, 0) is 17.6 Å². The molecule has 3 aromatic carbocycles. The van der Waals surface area contributed by atoms with E-state index in [-0.39, 0.29) is 18.9 Å². The molecule has 0 saturated heterocycles. The lowest BCUT2D eigenvalue weighted by Crippen LogP contribution is -2.38. The minimum Gasteiger partial charge on any atom is -0.473 e. The van der Waals surface area contributed by atoms with Gasteiger partial charge in [-0.1, -0.05) is 48.5 Å². The maximum atomic E-state index is 12.4. The molecular formula is C27H28N4O3S. The van der Waals surface area contributed by atoms with Gasteiger partial charge in [0.25, 0.3) is 0 Å². The maximum Gasteiger partial charge on any atom is 0.230 e. The fourth-order valence-corrected chi connectivity index (χ4v) is 4.13. The second kappa shape index (κ2) is 12.7. The summed E-state index contributed by atoms with van der Waals surface area (Å²) >= 11 is 1.47. The highest BCUT2D eigenvalue weighted by Crippen LogP contribution is 2.21. The highest BCUT2D eigenvalue weighted by molar-refractivity contribution is 7.13. The molecule has 0 bridgehead atoms. The lowest BCUT2D eigenvalue weighted by atomic mass is 10.1. The molecule has 1 amide bonds. The second-order valence-electron chi connectivity index (χ2n) is 7.86. The van der Waals surface area contributed by atoms with Crippen molar-refractivity contribution in [2.75, 3.05) is 23.8 Å². The van der Waals surface area contributed by atoms with Crippen molar-refractivity contribution in [3.63, 3.8) is 0 Å². The number of amides is 1. The van der Waals surface area contributed by atoms with Gasteiger partial charge in [0.2, 0.25) is 5.91 Å². The Morgan fingerprint density at radius 2 is 1.66 bits per heavy atom. The van der Waals surface area contributed by atoms with Crippen LogP contribution in [0.2, 0.25) is 0 Å². The monoisotopic (exact) mass is 488 g/mol. The van der Waals surface area contributed by atoms with Crippen molar-refractivity contribution < 1.29 is 14.6 Å². The first-order valence-corrected chi connectivity index (χ1v) is 12.3. The fourth-order valence-electron chi connectivity index (χ4n) is 3.40. The summed E-state index contributed by atoms with van der Waals surface area (Å²) in [6, 6.07) is 27.0. The highest BCUT2D eigenvalue weighted by Gasteiger charge is 2.10. The summed E-state index contributed by atoms with van der Waals surface area (Å²) in [5.41, 5.74) is 3.54. The molecule has 1 atom stereocenters. The molecule has 0 fully saturated rings. The number of hydrogen-bond donors (Lipinski definition) is 4. The Labute approximate surface area is 208 Å². The van der Waals surface area contributed by atoms with Crippen LogP contribution in [0.4, 0.5) is 16.5 Å². The number of rotatable bonds is 12. The van der Waals surface area contributed by atoms with E-state index in [0.29, 0.717) is 12.3 Å². The van der Waals surface area contributed by atoms with Crippen molar-refractivity contribution in [3.05, 3.63) is 102 Å². The third kappa shape index (κ3) is 7.92. The van der Waals surface area contributed by atoms with Crippen LogP contribution in [0.3, 0.4) is 0 Å². The summed E-state index contributed by atoms with van der Waals surface area (Å²) in [6.07, 6.45) is 0.506. The van der Waals surface area contributed by atoms with Gasteiger partial charge in [-0.25, -0.2) is 4.98 Å². The summed E-state index contributed by atoms with van der Waals surface area (Å²) in [5.74, 6) is 0.598. The van der Waals surface area contributed by atoms with E-state index in [0.717, 1.165) is 34.2 Å². The van der Waals surface area contributed by atoms with Gasteiger partial charge in [-0.3, -0.25) is 10.1 Å². The molecule has 0 spiro atoms. The topological polar surface area (TPSA) is 95.5 Å². The number of aliphatic hydroxyl groups is 1. The van der Waals surface area contributed by atoms with Crippen LogP contribution in [0.1, 0.15) is 11.3 Å². The van der Waals surface area contributed by atoms with Gasteiger partial charge in [-0.15, -0.1) is 11.3 Å². The number of aliphatic hydroxyl groups excluding tert-OH is 1. The first-order chi connectivity index (χ1) is 17.2. The van der Waals surface area contributed by atoms with Gasteiger partial charge in [0.05, 0.1) is 18.7 Å². The van der Waals surface area contributed by atoms with Gasteiger partial charge in [0.15, 0.2) is 11.4 Å². The van der Waals surface area contributed by atoms with Crippen molar-refractivity contribution in [2.45, 2.75) is 19.1 Å². The SMILES string of the molecule is O=C(Cc1csc(Nc2ccccc2)n1)Nc1ccc(CCN[C@H](CO)Oc2ccccc2)cc1. The van der Waals surface area contributed by atoms with Crippen molar-refractivity contribution in [1.29, 1.82) is 0 Å². The number of aromatic nitrogens is 1. The average molecular weight is 489 g/mol. The van der Waals surface area contributed by atoms with Gasteiger partial charge in [-0.2, -0.15) is 0 Å². The first kappa shape index (κ1) is 24.4. The Hall–Kier alpha value is -3.72. The van der Waals surface area contributed by atoms with E-state index in [1.807, 2.05) is 90.3 Å². The predicted octanol–water partition coefficient (Wildman–Crippen LogP) is 4.60. The van der Waals surface area contributed by atoms with E-state index < -0.39 is 6.23 Å². The van der Waals surface area contributed by atoms with Crippen LogP contribution in [0.25, 0.3) is 0 Å². The molecule has 1 heterocycles. The normalized spacial score (nSPS) is 11.6. The summed E-state index contributed by atoms with van der Waals surface area (Å²) < 4.78 is 5.73. The standard InChI is InChI=1S/C27H28N4O3S/c32-18-26(34-24-9-5-2-6-10-24)28-16-15-20-11-13-22(14-12-20)29-25(33)17-23-19-35-27(31-23)30-21-7-3-1-4-8-21/h1-14,19,26,28,32H,15-18H2,(H,29,33)(H,30,31)/t26-/m0/s1. The number of ether oxygens (including phenoxy) is 1. The molecule has 35 heavy (non-hydrogen) atoms. The summed E-state index contributed by atoms with van der Waals surface area (Å²) in [7, 11) is 0. The molecule has 8 heteroatoms. The van der Waals surface area contributed by atoms with E-state index in [1.165, 1.54) is 11.3 Å². The molecule has 0 unspecified atom stereocenters. The molecule has 1 aromatic heterocycles. The van der Waals surface area contributed by atoms with Crippen LogP contribution < -0.4 is 20.7 Å². The van der Waals surface area contributed by atoms with E-state index in [2.05, 4.69) is 20.9 Å². The lowest BCUT2D eigenvalue weighted by Gasteiger charge is -2.18. The van der Waals surface area contributed by atoms with Gasteiger partial charge in [0.1, 0.15) is 5.75 Å². The number of nitrogens with one attached hydrogen (secondary N) is 3. The summed E-state index contributed by atoms with van der Waals surface area (Å²) in [5, 5.41) is 21.6. The minimum absolute atomic E-state index is 0.111. The van der Waals surface area contributed by atoms with Crippen LogP contribution in [0.15, 0.2) is 90.3 Å². The van der Waals surface area contributed by atoms with Crippen LogP contribution in [0.5, 0.6) is 5.75 Å². The van der Waals surface area contributed by atoms with Gasteiger partial charge in [0, 0.05) is 23.3 Å². The predicted molar refractivity (Wildman–Crippen MR) is 140 cm³/mol. The zero-order valence-electron chi connectivity index (χ0n) is 19.2. The molecule has 0 aliphatic heterocycles. The molecule has 0 radical (unpaired) electrons. The Morgan fingerprint density at radius 1 is 0.943 bits per heavy atom. The molecule has 4 rings (SSSR count). The number of thiazole rings is 1. The van der Waals surface area contributed by atoms with Crippen molar-refractivity contribution in [3.8, 4) is 5.75 Å². The van der Waals surface area contributed by atoms with E-state index >= 15 is 0 Å². The molecule has 4 aromatic rings. The molecule has 180 valence electrons. The average Bonchev–Trinajstić information content (AvgIpc) is 3.32. The Morgan fingerprint density at radius 3 is 2.37 bits per heavy atom. The summed E-state index contributed by atoms with van der Waals surface area (Å²) in [6.45, 7) is 0.523. The van der Waals surface area contributed by atoms with Crippen molar-refractivity contribution in [2.24, 2.45) is 0 Å². The Kier molecular flexibility index (Phi) is 8.83. The number of benzene rings is 3. The van der Waals surface area contributed by atoms with Gasteiger partial charge >= 0.3 is 0 Å². The van der Waals surface area contributed by atoms with Crippen LogP contribution in [-0.4, -0.2) is 35.4 Å². The molecule has 4 N–H and O–H groups in total. The fraction of sp³-hybridized carbons (Fsp3) is 0.185. The quantitative estimate of drug-likeness (QED) is 0.218. The number of nitrogens with zero attached hydrogens (tertiary/aromatic N) is 1. The molecule has 0 aliphatic rings. The lowest BCUT2D eigenvalue weighted by molar-refractivity contribution is -0.115. The molecule has 7 nitrogen and oxygen atoms in total. The number of anilines is 3. The number of hydrogen-bond acceptors (Lipinski definition) is 7.